The van der Waals surface area contributed by atoms with Crippen LogP contribution in [0.1, 0.15) is 87.5 Å². The molecular weight excluding hydrogens is 417 g/mol. The highest BCUT2D eigenvalue weighted by molar-refractivity contribution is 6.45. The van der Waals surface area contributed by atoms with Gasteiger partial charge in [0.1, 0.15) is 5.54 Å². The topological polar surface area (TPSA) is 79.9 Å². The second-order valence-corrected chi connectivity index (χ2v) is 12.6. The van der Waals surface area contributed by atoms with Crippen LogP contribution in [0.2, 0.25) is 6.32 Å². The zero-order valence-electron chi connectivity index (χ0n) is 22.8. The molecule has 2 unspecified atom stereocenters. The number of rotatable bonds is 8. The van der Waals surface area contributed by atoms with Crippen molar-refractivity contribution >= 4 is 18.9 Å². The summed E-state index contributed by atoms with van der Waals surface area (Å²) in [6.07, 6.45) is 5.17. The van der Waals surface area contributed by atoms with Crippen molar-refractivity contribution in [2.75, 3.05) is 20.6 Å². The Morgan fingerprint density at radius 1 is 1.03 bits per heavy atom. The lowest BCUT2D eigenvalue weighted by molar-refractivity contribution is -0.139. The molecule has 0 bridgehead atoms. The summed E-state index contributed by atoms with van der Waals surface area (Å²) in [5.74, 6) is 0.200. The van der Waals surface area contributed by atoms with E-state index in [1.54, 1.807) is 0 Å². The van der Waals surface area contributed by atoms with Gasteiger partial charge in [-0.25, -0.2) is 0 Å². The van der Waals surface area contributed by atoms with Crippen LogP contribution in [-0.2, 0) is 18.9 Å². The molecule has 1 saturated heterocycles. The quantitative estimate of drug-likeness (QED) is 0.536. The van der Waals surface area contributed by atoms with E-state index in [9.17, 15) is 9.59 Å². The van der Waals surface area contributed by atoms with Gasteiger partial charge in [0.2, 0.25) is 11.8 Å². The summed E-state index contributed by atoms with van der Waals surface area (Å²) in [6, 6.07) is 0. The van der Waals surface area contributed by atoms with Crippen molar-refractivity contribution in [2.45, 2.75) is 116 Å². The number of nitrogens with zero attached hydrogens (tertiary/aromatic N) is 1. The van der Waals surface area contributed by atoms with E-state index in [2.05, 4.69) is 43.2 Å². The van der Waals surface area contributed by atoms with Gasteiger partial charge in [0, 0.05) is 12.5 Å². The minimum absolute atomic E-state index is 0.0608. The number of hydrogen-bond acceptors (Lipinski definition) is 5. The van der Waals surface area contributed by atoms with Gasteiger partial charge in [-0.1, -0.05) is 12.8 Å². The largest absolute Gasteiger partial charge is 0.457 e. The molecule has 2 N–H and O–H groups in total. The van der Waals surface area contributed by atoms with Crippen LogP contribution < -0.4 is 10.6 Å². The van der Waals surface area contributed by atoms with Crippen molar-refractivity contribution in [3.05, 3.63) is 0 Å². The fraction of sp³-hybridized carbons (Fsp3) is 0.920. The molecule has 3 atom stereocenters. The Kier molecular flexibility index (Phi) is 8.73. The van der Waals surface area contributed by atoms with Crippen LogP contribution in [0.5, 0.6) is 0 Å². The van der Waals surface area contributed by atoms with Crippen LogP contribution in [-0.4, -0.2) is 66.8 Å². The first kappa shape index (κ1) is 28.1. The Bertz CT molecular complexity index is 688. The molecule has 0 aromatic rings. The maximum absolute atomic E-state index is 13.7. The molecule has 1 aliphatic carbocycles. The first-order valence-electron chi connectivity index (χ1n) is 12.6. The molecule has 2 fully saturated rings. The predicted molar refractivity (Wildman–Crippen MR) is 134 cm³/mol. The van der Waals surface area contributed by atoms with E-state index in [0.29, 0.717) is 12.3 Å². The molecule has 2 rings (SSSR count). The van der Waals surface area contributed by atoms with Gasteiger partial charge >= 0.3 is 7.12 Å². The van der Waals surface area contributed by atoms with Crippen LogP contribution in [0, 0.1) is 11.8 Å². The Morgan fingerprint density at radius 2 is 1.61 bits per heavy atom. The Balaban J connectivity index is 2.21. The van der Waals surface area contributed by atoms with E-state index in [1.165, 1.54) is 6.92 Å². The minimum Gasteiger partial charge on any atom is -0.403 e. The normalized spacial score (nSPS) is 29.2. The lowest BCUT2D eigenvalue weighted by Gasteiger charge is -2.47. The van der Waals surface area contributed by atoms with Crippen molar-refractivity contribution in [2.24, 2.45) is 11.8 Å². The number of amides is 2. The number of hydrogen-bond donors (Lipinski definition) is 2. The van der Waals surface area contributed by atoms with E-state index in [1.807, 2.05) is 34.9 Å². The molecule has 1 saturated carbocycles. The highest BCUT2D eigenvalue weighted by atomic mass is 16.7. The van der Waals surface area contributed by atoms with Gasteiger partial charge in [0.25, 0.3) is 0 Å². The fourth-order valence-corrected chi connectivity index (χ4v) is 5.17. The SMILES string of the molecule is CC(=O)NC1(C(=O)NC(C)(C)C)C[C@H](CCB2OC(C)(C)C(C)(C)O2)CCC1CCN(C)C. The zero-order valence-corrected chi connectivity index (χ0v) is 22.8. The van der Waals surface area contributed by atoms with Crippen molar-refractivity contribution in [3.8, 4) is 0 Å². The maximum atomic E-state index is 13.7. The Labute approximate surface area is 202 Å². The number of nitrogens with one attached hydrogen (secondary N) is 2. The van der Waals surface area contributed by atoms with Crippen molar-refractivity contribution in [3.63, 3.8) is 0 Å². The summed E-state index contributed by atoms with van der Waals surface area (Å²) in [4.78, 5) is 28.2. The minimum atomic E-state index is -0.895. The van der Waals surface area contributed by atoms with Gasteiger partial charge in [-0.15, -0.1) is 0 Å². The zero-order chi connectivity index (χ0) is 25.2. The molecule has 0 spiro atoms. The molecule has 190 valence electrons. The third kappa shape index (κ3) is 7.19. The van der Waals surface area contributed by atoms with Crippen molar-refractivity contribution in [1.82, 2.24) is 15.5 Å². The van der Waals surface area contributed by atoms with Crippen molar-refractivity contribution < 1.29 is 18.9 Å². The van der Waals surface area contributed by atoms with Crippen LogP contribution in [0.15, 0.2) is 0 Å². The summed E-state index contributed by atoms with van der Waals surface area (Å²) in [5.41, 5.74) is -1.94. The monoisotopic (exact) mass is 465 g/mol. The molecule has 0 aromatic carbocycles. The third-order valence-corrected chi connectivity index (χ3v) is 7.56. The predicted octanol–water partition coefficient (Wildman–Crippen LogP) is 3.63. The van der Waals surface area contributed by atoms with E-state index < -0.39 is 5.54 Å². The smallest absolute Gasteiger partial charge is 0.403 e. The van der Waals surface area contributed by atoms with Gasteiger partial charge in [0.15, 0.2) is 0 Å². The molecule has 2 amide bonds. The highest BCUT2D eigenvalue weighted by Gasteiger charge is 2.53. The van der Waals surface area contributed by atoms with Gasteiger partial charge in [-0.05, 0) is 107 Å². The van der Waals surface area contributed by atoms with Gasteiger partial charge < -0.3 is 24.8 Å². The summed E-state index contributed by atoms with van der Waals surface area (Å²) >= 11 is 0. The molecule has 8 heteroatoms. The van der Waals surface area contributed by atoms with Crippen LogP contribution >= 0.6 is 0 Å². The standard InChI is InChI=1S/C25H48BN3O4/c1-18(30)27-25(21(31)28-22(2,3)4)17-19(11-12-20(25)14-16-29(9)10)13-15-26-32-23(5,6)24(7,8)33-26/h19-20H,11-17H2,1-10H3,(H,27,30)(H,28,31)/t19-,20?,25?/m0/s1. The maximum Gasteiger partial charge on any atom is 0.457 e. The van der Waals surface area contributed by atoms with Gasteiger partial charge in [0.05, 0.1) is 11.2 Å². The van der Waals surface area contributed by atoms with Crippen LogP contribution in [0.3, 0.4) is 0 Å². The van der Waals surface area contributed by atoms with E-state index in [-0.39, 0.29) is 41.6 Å². The first-order chi connectivity index (χ1) is 15.0. The lowest BCUT2D eigenvalue weighted by Crippen LogP contribution is -2.67. The van der Waals surface area contributed by atoms with E-state index in [0.717, 1.165) is 38.5 Å². The summed E-state index contributed by atoms with van der Waals surface area (Å²) in [7, 11) is 3.86. The lowest BCUT2D eigenvalue weighted by atomic mass is 9.64. The Hall–Kier alpha value is -1.12. The van der Waals surface area contributed by atoms with Crippen LogP contribution in [0.25, 0.3) is 0 Å². The molecule has 1 aliphatic heterocycles. The molecule has 0 aromatic heterocycles. The van der Waals surface area contributed by atoms with Crippen LogP contribution in [0.4, 0.5) is 0 Å². The second kappa shape index (κ2) is 10.2. The number of carbonyl (C=O) groups excluding carboxylic acids is 2. The molecule has 33 heavy (non-hydrogen) atoms. The molecule has 0 radical (unpaired) electrons. The van der Waals surface area contributed by atoms with E-state index >= 15 is 0 Å². The molecular formula is C25H48BN3O4. The highest BCUT2D eigenvalue weighted by Crippen LogP contribution is 2.43. The first-order valence-corrected chi connectivity index (χ1v) is 12.6. The molecule has 7 nitrogen and oxygen atoms in total. The fourth-order valence-electron chi connectivity index (χ4n) is 5.17. The average Bonchev–Trinajstić information content (AvgIpc) is 2.83. The third-order valence-electron chi connectivity index (χ3n) is 7.56. The van der Waals surface area contributed by atoms with E-state index in [4.69, 9.17) is 9.31 Å². The summed E-state index contributed by atoms with van der Waals surface area (Å²) in [5, 5.41) is 6.32. The summed E-state index contributed by atoms with van der Waals surface area (Å²) < 4.78 is 12.4. The second-order valence-electron chi connectivity index (χ2n) is 12.6. The Morgan fingerprint density at radius 3 is 2.09 bits per heavy atom. The van der Waals surface area contributed by atoms with Crippen molar-refractivity contribution in [1.29, 1.82) is 0 Å². The molecule has 1 heterocycles. The van der Waals surface area contributed by atoms with Gasteiger partial charge in [-0.3, -0.25) is 9.59 Å². The summed E-state index contributed by atoms with van der Waals surface area (Å²) in [6.45, 7) is 16.6. The van der Waals surface area contributed by atoms with Gasteiger partial charge in [-0.2, -0.15) is 0 Å². The number of carbonyl (C=O) groups is 2. The molecule has 2 aliphatic rings. The average molecular weight is 465 g/mol.